The molecule has 1 atom stereocenters. The normalized spacial score (nSPS) is 12.9. The summed E-state index contributed by atoms with van der Waals surface area (Å²) >= 11 is 1.18. The van der Waals surface area contributed by atoms with Crippen molar-refractivity contribution < 1.29 is 18.7 Å². The van der Waals surface area contributed by atoms with Gasteiger partial charge in [0.25, 0.3) is 5.56 Å². The number of amides is 1. The van der Waals surface area contributed by atoms with Crippen molar-refractivity contribution in [3.05, 3.63) is 104 Å². The minimum atomic E-state index is -1.57. The predicted molar refractivity (Wildman–Crippen MR) is 188 cm³/mol. The topological polar surface area (TPSA) is 122 Å². The van der Waals surface area contributed by atoms with Crippen molar-refractivity contribution in [2.75, 3.05) is 6.61 Å². The molecule has 0 bridgehead atoms. The van der Waals surface area contributed by atoms with Gasteiger partial charge < -0.3 is 14.8 Å². The molecular weight excluding hydrogens is 647 g/mol. The SMILES string of the molecule is Cc1c(-n2nccn2)sc2c1c(=O)n(C(C)(C)C(=O)NC(C)C)c(=O)n2C[C@H](OCC(C)(C)C)c1cc(F)ccc1OCc1ccccc1. The molecule has 260 valence electrons. The van der Waals surface area contributed by atoms with Crippen molar-refractivity contribution in [3.63, 3.8) is 0 Å². The first-order chi connectivity index (χ1) is 23.1. The largest absolute Gasteiger partial charge is 0.489 e. The lowest BCUT2D eigenvalue weighted by atomic mass is 9.98. The van der Waals surface area contributed by atoms with Gasteiger partial charge in [0, 0.05) is 17.2 Å². The lowest BCUT2D eigenvalue weighted by molar-refractivity contribution is -0.129. The maximum absolute atomic E-state index is 15.0. The maximum atomic E-state index is 15.0. The van der Waals surface area contributed by atoms with E-state index in [1.807, 2.05) is 51.1 Å². The fraction of sp³-hybridized carbons (Fsp3) is 0.417. The minimum Gasteiger partial charge on any atom is -0.489 e. The van der Waals surface area contributed by atoms with Crippen molar-refractivity contribution >= 4 is 27.5 Å². The molecule has 1 amide bonds. The smallest absolute Gasteiger partial charge is 0.333 e. The van der Waals surface area contributed by atoms with Gasteiger partial charge in [-0.15, -0.1) is 4.80 Å². The van der Waals surface area contributed by atoms with Crippen LogP contribution in [0.3, 0.4) is 0 Å². The number of hydrogen-bond donors (Lipinski definition) is 1. The van der Waals surface area contributed by atoms with Crippen LogP contribution in [0.25, 0.3) is 15.2 Å². The van der Waals surface area contributed by atoms with Gasteiger partial charge in [-0.3, -0.25) is 14.2 Å². The van der Waals surface area contributed by atoms with Gasteiger partial charge in [0.1, 0.15) is 39.6 Å². The molecule has 3 aromatic heterocycles. The summed E-state index contributed by atoms with van der Waals surface area (Å²) in [6.07, 6.45) is 2.14. The zero-order chi connectivity index (χ0) is 35.7. The average Bonchev–Trinajstić information content (AvgIpc) is 3.68. The Kier molecular flexibility index (Phi) is 10.3. The Morgan fingerprint density at radius 2 is 1.69 bits per heavy atom. The third-order valence-electron chi connectivity index (χ3n) is 7.94. The van der Waals surface area contributed by atoms with Crippen LogP contribution in [-0.2, 0) is 28.2 Å². The highest BCUT2D eigenvalue weighted by Crippen LogP contribution is 2.35. The van der Waals surface area contributed by atoms with Crippen molar-refractivity contribution in [2.45, 2.75) is 86.2 Å². The number of benzene rings is 2. The van der Waals surface area contributed by atoms with Gasteiger partial charge >= 0.3 is 5.69 Å². The highest BCUT2D eigenvalue weighted by molar-refractivity contribution is 7.21. The van der Waals surface area contributed by atoms with Crippen molar-refractivity contribution in [3.8, 4) is 10.8 Å². The van der Waals surface area contributed by atoms with Gasteiger partial charge in [0.05, 0.1) is 30.9 Å². The van der Waals surface area contributed by atoms with Crippen LogP contribution in [0.2, 0.25) is 0 Å². The van der Waals surface area contributed by atoms with Crippen LogP contribution in [0.5, 0.6) is 5.75 Å². The zero-order valence-corrected chi connectivity index (χ0v) is 29.9. The summed E-state index contributed by atoms with van der Waals surface area (Å²) in [7, 11) is 0. The molecule has 0 aliphatic rings. The van der Waals surface area contributed by atoms with Gasteiger partial charge in [-0.2, -0.15) is 10.2 Å². The number of carbonyl (C=O) groups is 1. The van der Waals surface area contributed by atoms with Gasteiger partial charge in [0.2, 0.25) is 5.91 Å². The van der Waals surface area contributed by atoms with Crippen LogP contribution >= 0.6 is 11.3 Å². The Balaban J connectivity index is 1.73. The second kappa shape index (κ2) is 14.1. The number of carbonyl (C=O) groups excluding carboxylic acids is 1. The number of hydrogen-bond acceptors (Lipinski definition) is 8. The molecule has 0 aliphatic carbocycles. The van der Waals surface area contributed by atoms with Crippen LogP contribution in [0.4, 0.5) is 4.39 Å². The summed E-state index contributed by atoms with van der Waals surface area (Å²) < 4.78 is 30.2. The fourth-order valence-corrected chi connectivity index (χ4v) is 6.65. The van der Waals surface area contributed by atoms with E-state index in [4.69, 9.17) is 9.47 Å². The molecule has 0 saturated heterocycles. The van der Waals surface area contributed by atoms with E-state index < -0.39 is 34.6 Å². The van der Waals surface area contributed by atoms with Crippen molar-refractivity contribution in [1.29, 1.82) is 0 Å². The number of nitrogens with zero attached hydrogens (tertiary/aromatic N) is 5. The first-order valence-corrected chi connectivity index (χ1v) is 16.9. The Bertz CT molecular complexity index is 2060. The number of thiophene rings is 1. The van der Waals surface area contributed by atoms with Crippen molar-refractivity contribution in [1.82, 2.24) is 29.4 Å². The number of aromatic nitrogens is 5. The van der Waals surface area contributed by atoms with E-state index in [0.717, 1.165) is 10.1 Å². The first-order valence-electron chi connectivity index (χ1n) is 16.1. The van der Waals surface area contributed by atoms with Crippen LogP contribution in [0.1, 0.15) is 71.3 Å². The standard InChI is InChI=1S/C36H43FN6O5S/c1-22(2)40-33(45)36(7,8)42-30(44)29-23(3)31(43-38-16-17-39-43)49-32(29)41(34(42)46)19-28(48-21-35(4,5)6)26-18-25(37)14-15-27(26)47-20-24-12-10-9-11-13-24/h9-18,22,28H,19-21H2,1-8H3,(H,40,45)/t28-/m0/s1. The molecule has 1 N–H and O–H groups in total. The molecule has 3 heterocycles. The number of aryl methyl sites for hydroxylation is 1. The lowest BCUT2D eigenvalue weighted by Crippen LogP contribution is -2.56. The second-order valence-electron chi connectivity index (χ2n) is 14.1. The summed E-state index contributed by atoms with van der Waals surface area (Å²) in [6.45, 7) is 14.8. The van der Waals surface area contributed by atoms with E-state index in [-0.39, 0.29) is 36.6 Å². The highest BCUT2D eigenvalue weighted by atomic mass is 32.1. The first kappa shape index (κ1) is 35.7. The van der Waals surface area contributed by atoms with Gasteiger partial charge in [-0.1, -0.05) is 62.4 Å². The molecule has 0 radical (unpaired) electrons. The van der Waals surface area contributed by atoms with Gasteiger partial charge in [-0.25, -0.2) is 13.8 Å². The lowest BCUT2D eigenvalue weighted by Gasteiger charge is -2.29. The molecule has 13 heteroatoms. The minimum absolute atomic E-state index is 0.120. The average molecular weight is 691 g/mol. The number of nitrogens with one attached hydrogen (secondary N) is 1. The Hall–Kier alpha value is -4.62. The molecule has 0 aliphatic heterocycles. The summed E-state index contributed by atoms with van der Waals surface area (Å²) in [5.74, 6) is -0.599. The summed E-state index contributed by atoms with van der Waals surface area (Å²) in [4.78, 5) is 44.2. The fourth-order valence-electron chi connectivity index (χ4n) is 5.44. The molecular formula is C36H43FN6O5S. The second-order valence-corrected chi connectivity index (χ2v) is 15.0. The molecule has 49 heavy (non-hydrogen) atoms. The van der Waals surface area contributed by atoms with E-state index in [2.05, 4.69) is 15.5 Å². The highest BCUT2D eigenvalue weighted by Gasteiger charge is 2.36. The van der Waals surface area contributed by atoms with Gasteiger partial charge in [0.15, 0.2) is 0 Å². The van der Waals surface area contributed by atoms with E-state index in [1.54, 1.807) is 26.8 Å². The molecule has 5 aromatic rings. The molecule has 11 nitrogen and oxygen atoms in total. The maximum Gasteiger partial charge on any atom is 0.333 e. The molecule has 2 aromatic carbocycles. The molecule has 5 rings (SSSR count). The molecule has 0 saturated carbocycles. The van der Waals surface area contributed by atoms with E-state index in [1.165, 1.54) is 59.1 Å². The quantitative estimate of drug-likeness (QED) is 0.173. The number of fused-ring (bicyclic) bond motifs is 1. The van der Waals surface area contributed by atoms with Crippen LogP contribution in [0, 0.1) is 18.2 Å². The summed E-state index contributed by atoms with van der Waals surface area (Å²) in [5, 5.41) is 12.1. The van der Waals surface area contributed by atoms with Gasteiger partial charge in [-0.05, 0) is 63.8 Å². The summed E-state index contributed by atoms with van der Waals surface area (Å²) in [5.41, 5.74) is -1.31. The number of rotatable bonds is 12. The van der Waals surface area contributed by atoms with E-state index in [0.29, 0.717) is 26.7 Å². The van der Waals surface area contributed by atoms with E-state index in [9.17, 15) is 14.4 Å². The van der Waals surface area contributed by atoms with Crippen molar-refractivity contribution in [2.24, 2.45) is 5.41 Å². The zero-order valence-electron chi connectivity index (χ0n) is 29.1. The van der Waals surface area contributed by atoms with E-state index >= 15 is 4.39 Å². The summed E-state index contributed by atoms with van der Waals surface area (Å²) in [6, 6.07) is 13.6. The monoisotopic (exact) mass is 690 g/mol. The molecule has 0 unspecified atom stereocenters. The number of halogens is 1. The third-order valence-corrected chi connectivity index (χ3v) is 9.22. The predicted octanol–water partition coefficient (Wildman–Crippen LogP) is 5.90. The number of ether oxygens (including phenoxy) is 2. The Morgan fingerprint density at radius 3 is 2.33 bits per heavy atom. The Morgan fingerprint density at radius 1 is 1.02 bits per heavy atom. The van der Waals surface area contributed by atoms with Crippen LogP contribution in [-0.4, -0.2) is 42.7 Å². The Labute approximate surface area is 288 Å². The van der Waals surface area contributed by atoms with Crippen LogP contribution < -0.4 is 21.3 Å². The molecule has 0 fully saturated rings. The van der Waals surface area contributed by atoms with Crippen LogP contribution in [0.15, 0.2) is 70.5 Å². The third kappa shape index (κ3) is 7.67. The molecule has 0 spiro atoms.